The summed E-state index contributed by atoms with van der Waals surface area (Å²) in [6.45, 7) is 6.48. The molecule has 0 saturated carbocycles. The van der Waals surface area contributed by atoms with Crippen LogP contribution in [0.2, 0.25) is 0 Å². The summed E-state index contributed by atoms with van der Waals surface area (Å²) in [4.78, 5) is 2.40. The van der Waals surface area contributed by atoms with Gasteiger partial charge < -0.3 is 5.11 Å². The van der Waals surface area contributed by atoms with Gasteiger partial charge in [0.05, 0.1) is 6.10 Å². The maximum atomic E-state index is 9.33. The fourth-order valence-corrected chi connectivity index (χ4v) is 1.85. The molecule has 1 fully saturated rings. The molecule has 0 aromatic carbocycles. The van der Waals surface area contributed by atoms with Gasteiger partial charge in [0.1, 0.15) is 0 Å². The first-order valence-electron chi connectivity index (χ1n) is 5.16. The Bertz CT molecular complexity index is 127. The number of hydrogen-bond donors (Lipinski definition) is 1. The lowest BCUT2D eigenvalue weighted by Crippen LogP contribution is -2.31. The third-order valence-corrected chi connectivity index (χ3v) is 2.79. The van der Waals surface area contributed by atoms with Crippen LogP contribution in [0.4, 0.5) is 0 Å². The Morgan fingerprint density at radius 2 is 2.33 bits per heavy atom. The number of likely N-dealkylation sites (tertiary alicyclic amines) is 1. The molecule has 2 unspecified atom stereocenters. The second kappa shape index (κ2) is 4.83. The van der Waals surface area contributed by atoms with Gasteiger partial charge in [-0.2, -0.15) is 0 Å². The van der Waals surface area contributed by atoms with Crippen molar-refractivity contribution in [2.45, 2.75) is 51.7 Å². The highest BCUT2D eigenvalue weighted by atomic mass is 16.3. The first kappa shape index (κ1) is 10.0. The molecule has 1 aliphatic heterocycles. The van der Waals surface area contributed by atoms with Crippen molar-refractivity contribution in [1.29, 1.82) is 0 Å². The minimum atomic E-state index is -0.0610. The molecule has 2 heteroatoms. The molecule has 0 amide bonds. The normalized spacial score (nSPS) is 27.8. The molecular weight excluding hydrogens is 150 g/mol. The van der Waals surface area contributed by atoms with Crippen LogP contribution in [0.25, 0.3) is 0 Å². The third-order valence-electron chi connectivity index (χ3n) is 2.79. The van der Waals surface area contributed by atoms with Gasteiger partial charge in [0.2, 0.25) is 0 Å². The van der Waals surface area contributed by atoms with E-state index in [4.69, 9.17) is 0 Å². The van der Waals surface area contributed by atoms with E-state index in [2.05, 4.69) is 18.7 Å². The molecule has 1 saturated heterocycles. The van der Waals surface area contributed by atoms with Gasteiger partial charge in [-0.25, -0.2) is 0 Å². The highest BCUT2D eigenvalue weighted by molar-refractivity contribution is 4.78. The molecule has 72 valence electrons. The third kappa shape index (κ3) is 2.76. The summed E-state index contributed by atoms with van der Waals surface area (Å²) < 4.78 is 0. The van der Waals surface area contributed by atoms with Gasteiger partial charge in [0.15, 0.2) is 0 Å². The van der Waals surface area contributed by atoms with E-state index >= 15 is 0 Å². The summed E-state index contributed by atoms with van der Waals surface area (Å²) in [6, 6.07) is 0.669. The molecule has 1 aliphatic rings. The van der Waals surface area contributed by atoms with Crippen molar-refractivity contribution < 1.29 is 5.11 Å². The zero-order valence-electron chi connectivity index (χ0n) is 8.29. The van der Waals surface area contributed by atoms with Crippen LogP contribution in [0, 0.1) is 0 Å². The Labute approximate surface area is 75.6 Å². The van der Waals surface area contributed by atoms with Gasteiger partial charge in [-0.15, -0.1) is 0 Å². The molecule has 0 aliphatic carbocycles. The molecule has 12 heavy (non-hydrogen) atoms. The minimum Gasteiger partial charge on any atom is -0.392 e. The van der Waals surface area contributed by atoms with E-state index < -0.39 is 0 Å². The largest absolute Gasteiger partial charge is 0.392 e. The van der Waals surface area contributed by atoms with E-state index in [9.17, 15) is 5.11 Å². The van der Waals surface area contributed by atoms with Crippen molar-refractivity contribution in [2.24, 2.45) is 0 Å². The molecule has 0 spiro atoms. The van der Waals surface area contributed by atoms with Crippen molar-refractivity contribution >= 4 is 0 Å². The van der Waals surface area contributed by atoms with Crippen molar-refractivity contribution in [3.63, 3.8) is 0 Å². The quantitative estimate of drug-likeness (QED) is 0.695. The van der Waals surface area contributed by atoms with Crippen LogP contribution in [-0.4, -0.2) is 35.2 Å². The van der Waals surface area contributed by atoms with Crippen molar-refractivity contribution in [2.75, 3.05) is 13.1 Å². The van der Waals surface area contributed by atoms with Crippen molar-refractivity contribution in [1.82, 2.24) is 4.90 Å². The topological polar surface area (TPSA) is 23.5 Å². The molecular formula is C10H21NO. The maximum absolute atomic E-state index is 9.33. The zero-order chi connectivity index (χ0) is 8.97. The van der Waals surface area contributed by atoms with Crippen LogP contribution in [0.5, 0.6) is 0 Å². The number of aliphatic hydroxyl groups excluding tert-OH is 1. The van der Waals surface area contributed by atoms with E-state index in [0.717, 1.165) is 19.5 Å². The van der Waals surface area contributed by atoms with E-state index in [1.165, 1.54) is 19.3 Å². The molecule has 1 N–H and O–H groups in total. The average molecular weight is 171 g/mol. The number of β-amino-alcohol motifs (C(OH)–C–C–N with tert-alkyl or cyclic N) is 1. The van der Waals surface area contributed by atoms with Gasteiger partial charge in [0, 0.05) is 19.1 Å². The molecule has 0 aromatic heterocycles. The van der Waals surface area contributed by atoms with Crippen LogP contribution in [0.1, 0.15) is 39.5 Å². The Morgan fingerprint density at radius 1 is 1.58 bits per heavy atom. The molecule has 0 bridgehead atoms. The summed E-state index contributed by atoms with van der Waals surface area (Å²) in [5, 5.41) is 9.33. The van der Waals surface area contributed by atoms with E-state index in [0.29, 0.717) is 6.04 Å². The summed E-state index contributed by atoms with van der Waals surface area (Å²) in [6.07, 6.45) is 4.78. The lowest BCUT2D eigenvalue weighted by molar-refractivity contribution is 0.159. The van der Waals surface area contributed by atoms with Crippen LogP contribution < -0.4 is 0 Å². The molecule has 2 nitrogen and oxygen atoms in total. The Balaban J connectivity index is 2.18. The van der Waals surface area contributed by atoms with Crippen molar-refractivity contribution in [3.8, 4) is 0 Å². The first-order chi connectivity index (χ1) is 5.74. The number of hydrogen-bond acceptors (Lipinski definition) is 2. The lowest BCUT2D eigenvalue weighted by atomic mass is 10.1. The number of aliphatic hydroxyl groups is 1. The average Bonchev–Trinajstić information content (AvgIpc) is 2.47. The van der Waals surface area contributed by atoms with Gasteiger partial charge >= 0.3 is 0 Å². The van der Waals surface area contributed by atoms with Crippen LogP contribution in [0.15, 0.2) is 0 Å². The van der Waals surface area contributed by atoms with Gasteiger partial charge in [-0.3, -0.25) is 4.90 Å². The molecule has 1 rings (SSSR count). The monoisotopic (exact) mass is 171 g/mol. The van der Waals surface area contributed by atoms with E-state index in [-0.39, 0.29) is 6.10 Å². The van der Waals surface area contributed by atoms with E-state index in [1.807, 2.05) is 0 Å². The SMILES string of the molecule is CCCCC(C)N1CCC(O)C1. The highest BCUT2D eigenvalue weighted by Gasteiger charge is 2.23. The zero-order valence-corrected chi connectivity index (χ0v) is 8.29. The summed E-state index contributed by atoms with van der Waals surface area (Å²) in [7, 11) is 0. The lowest BCUT2D eigenvalue weighted by Gasteiger charge is -2.23. The van der Waals surface area contributed by atoms with E-state index in [1.54, 1.807) is 0 Å². The number of nitrogens with zero attached hydrogens (tertiary/aromatic N) is 1. The van der Waals surface area contributed by atoms with Gasteiger partial charge in [-0.1, -0.05) is 19.8 Å². The highest BCUT2D eigenvalue weighted by Crippen LogP contribution is 2.15. The van der Waals surface area contributed by atoms with Crippen molar-refractivity contribution in [3.05, 3.63) is 0 Å². The second-order valence-corrected chi connectivity index (χ2v) is 3.93. The summed E-state index contributed by atoms with van der Waals surface area (Å²) in [5.74, 6) is 0. The van der Waals surface area contributed by atoms with Gasteiger partial charge in [-0.05, 0) is 19.8 Å². The molecule has 2 atom stereocenters. The Morgan fingerprint density at radius 3 is 2.83 bits per heavy atom. The molecule has 1 heterocycles. The molecule has 0 aromatic rings. The van der Waals surface area contributed by atoms with Gasteiger partial charge in [0.25, 0.3) is 0 Å². The number of rotatable bonds is 4. The number of unbranched alkanes of at least 4 members (excludes halogenated alkanes) is 1. The van der Waals surface area contributed by atoms with Crippen LogP contribution in [0.3, 0.4) is 0 Å². The van der Waals surface area contributed by atoms with Crippen LogP contribution in [-0.2, 0) is 0 Å². The second-order valence-electron chi connectivity index (χ2n) is 3.93. The predicted octanol–water partition coefficient (Wildman–Crippen LogP) is 1.63. The minimum absolute atomic E-state index is 0.0610. The summed E-state index contributed by atoms with van der Waals surface area (Å²) in [5.41, 5.74) is 0. The predicted molar refractivity (Wildman–Crippen MR) is 51.2 cm³/mol. The fourth-order valence-electron chi connectivity index (χ4n) is 1.85. The van der Waals surface area contributed by atoms with Crippen LogP contribution >= 0.6 is 0 Å². The Hall–Kier alpha value is -0.0800. The smallest absolute Gasteiger partial charge is 0.0679 e. The first-order valence-corrected chi connectivity index (χ1v) is 5.16. The fraction of sp³-hybridized carbons (Fsp3) is 1.00. The maximum Gasteiger partial charge on any atom is 0.0679 e. The summed E-state index contributed by atoms with van der Waals surface area (Å²) >= 11 is 0. The Kier molecular flexibility index (Phi) is 4.02. The standard InChI is InChI=1S/C10H21NO/c1-3-4-5-9(2)11-7-6-10(12)8-11/h9-10,12H,3-8H2,1-2H3. The molecule has 0 radical (unpaired) electrons.